The molecule has 226 valence electrons. The van der Waals surface area contributed by atoms with Crippen LogP contribution < -0.4 is 21.1 Å². The van der Waals surface area contributed by atoms with Crippen LogP contribution >= 0.6 is 0 Å². The van der Waals surface area contributed by atoms with Crippen molar-refractivity contribution in [2.24, 2.45) is 9.98 Å². The van der Waals surface area contributed by atoms with Crippen LogP contribution in [-0.4, -0.2) is 16.4 Å². The second-order valence-corrected chi connectivity index (χ2v) is 11.6. The molecule has 3 heteroatoms. The Balaban J connectivity index is 0.000000137. The van der Waals surface area contributed by atoms with Crippen LogP contribution in [0.25, 0.3) is 46.5 Å². The topological polar surface area (TPSA) is 40.5 Å². The molecule has 0 aliphatic carbocycles. The fourth-order valence-electron chi connectivity index (χ4n) is 5.43. The summed E-state index contributed by atoms with van der Waals surface area (Å²) in [6, 6.07) is 33.0. The molecule has 0 unspecified atom stereocenters. The standard InChI is InChI=1S/C12H16.3C10H9N/c1-9(2)11-7-5-6-8-12(11)10(3)4;3*1-7-9-5-3-4-6-10(9)8(2)11-7/h5-8H,1-4H3;2*3-6H,1H2,2H3;3-6,11H,1-2H2. The Hall–Kier alpha value is -5.28. The van der Waals surface area contributed by atoms with Crippen LogP contribution in [-0.2, 0) is 0 Å². The van der Waals surface area contributed by atoms with E-state index in [2.05, 4.69) is 118 Å². The molecule has 2 aliphatic heterocycles. The Morgan fingerprint density at radius 1 is 0.467 bits per heavy atom. The van der Waals surface area contributed by atoms with Crippen molar-refractivity contribution in [3.63, 3.8) is 0 Å². The number of aliphatic imine (C=N–C) groups is 2. The fraction of sp³-hybridized carbons (Fsp3) is 0.143. The van der Waals surface area contributed by atoms with Gasteiger partial charge >= 0.3 is 0 Å². The molecule has 0 fully saturated rings. The van der Waals surface area contributed by atoms with Crippen molar-refractivity contribution in [1.82, 2.24) is 4.98 Å². The third-order valence-corrected chi connectivity index (χ3v) is 7.74. The molecule has 3 nitrogen and oxygen atoms in total. The highest BCUT2D eigenvalue weighted by molar-refractivity contribution is 6.10. The Morgan fingerprint density at radius 3 is 1.11 bits per heavy atom. The van der Waals surface area contributed by atoms with Gasteiger partial charge in [-0.1, -0.05) is 135 Å². The third-order valence-electron chi connectivity index (χ3n) is 7.74. The van der Waals surface area contributed by atoms with Crippen molar-refractivity contribution in [1.29, 1.82) is 0 Å². The lowest BCUT2D eigenvalue weighted by Gasteiger charge is -1.95. The van der Waals surface area contributed by atoms with Gasteiger partial charge in [0.25, 0.3) is 0 Å². The first-order valence-electron chi connectivity index (χ1n) is 15.1. The summed E-state index contributed by atoms with van der Waals surface area (Å²) in [6.07, 6.45) is 0. The van der Waals surface area contributed by atoms with Crippen molar-refractivity contribution < 1.29 is 0 Å². The fourth-order valence-corrected chi connectivity index (χ4v) is 5.43. The molecule has 1 aromatic heterocycles. The number of benzene rings is 4. The number of nitrogens with one attached hydrogen (secondary N) is 1. The number of H-pyrrole nitrogens is 1. The molecule has 0 atom stereocenters. The van der Waals surface area contributed by atoms with E-state index in [0.717, 1.165) is 44.3 Å². The van der Waals surface area contributed by atoms with E-state index in [1.54, 1.807) is 0 Å². The lowest BCUT2D eigenvalue weighted by atomic mass is 10.1. The molecule has 0 amide bonds. The number of hydrogen-bond acceptors (Lipinski definition) is 2. The summed E-state index contributed by atoms with van der Waals surface area (Å²) in [5.74, 6) is 0. The van der Waals surface area contributed by atoms with Crippen LogP contribution in [0.4, 0.5) is 0 Å². The van der Waals surface area contributed by atoms with Gasteiger partial charge < -0.3 is 4.98 Å². The van der Waals surface area contributed by atoms with E-state index in [1.165, 1.54) is 43.8 Å². The van der Waals surface area contributed by atoms with Gasteiger partial charge in [-0.3, -0.25) is 9.98 Å². The lowest BCUT2D eigenvalue weighted by Crippen LogP contribution is -2.26. The van der Waals surface area contributed by atoms with E-state index >= 15 is 0 Å². The first kappa shape index (κ1) is 32.6. The minimum absolute atomic E-state index is 0.887. The zero-order chi connectivity index (χ0) is 32.7. The zero-order valence-corrected chi connectivity index (χ0v) is 27.5. The average Bonchev–Trinajstić information content (AvgIpc) is 3.62. The van der Waals surface area contributed by atoms with Gasteiger partial charge in [0.05, 0.1) is 11.4 Å². The predicted octanol–water partition coefficient (Wildman–Crippen LogP) is 8.02. The second kappa shape index (κ2) is 14.5. The molecule has 0 bridgehead atoms. The number of rotatable bonds is 0. The SMILES string of the molecule is C=C1N=C(C)c2ccccc21.C=C1N=C(C)c2ccccc21.C=c1[nH]c(=C)c2ccccc12.CC(C)=c1ccccc1=C(C)C. The maximum absolute atomic E-state index is 4.28. The smallest absolute Gasteiger partial charge is 0.0640 e. The molecule has 45 heavy (non-hydrogen) atoms. The number of fused-ring (bicyclic) bond motifs is 3. The van der Waals surface area contributed by atoms with Crippen LogP contribution in [0.3, 0.4) is 0 Å². The third kappa shape index (κ3) is 7.63. The van der Waals surface area contributed by atoms with E-state index in [0.29, 0.717) is 0 Å². The number of aromatic amines is 1. The number of hydrogen-bond donors (Lipinski definition) is 1. The number of nitrogens with zero attached hydrogens (tertiary/aromatic N) is 2. The van der Waals surface area contributed by atoms with Gasteiger partial charge in [-0.15, -0.1) is 0 Å². The van der Waals surface area contributed by atoms with Crippen LogP contribution in [0.1, 0.15) is 63.8 Å². The summed E-state index contributed by atoms with van der Waals surface area (Å²) in [5, 5.41) is 6.97. The van der Waals surface area contributed by atoms with Gasteiger partial charge in [0.15, 0.2) is 0 Å². The molecular formula is C42H43N3. The van der Waals surface area contributed by atoms with E-state index in [1.807, 2.05) is 62.4 Å². The monoisotopic (exact) mass is 589 g/mol. The van der Waals surface area contributed by atoms with E-state index in [-0.39, 0.29) is 0 Å². The second-order valence-electron chi connectivity index (χ2n) is 11.6. The summed E-state index contributed by atoms with van der Waals surface area (Å²) in [6.45, 7) is 28.1. The largest absolute Gasteiger partial charge is 0.355 e. The Kier molecular flexibility index (Phi) is 10.5. The molecule has 1 N–H and O–H groups in total. The minimum Gasteiger partial charge on any atom is -0.355 e. The van der Waals surface area contributed by atoms with E-state index in [4.69, 9.17) is 0 Å². The van der Waals surface area contributed by atoms with Crippen molar-refractivity contribution in [2.45, 2.75) is 41.5 Å². The predicted molar refractivity (Wildman–Crippen MR) is 199 cm³/mol. The first-order valence-corrected chi connectivity index (χ1v) is 15.1. The molecule has 0 spiro atoms. The molecule has 7 rings (SSSR count). The summed E-state index contributed by atoms with van der Waals surface area (Å²) < 4.78 is 0. The highest BCUT2D eigenvalue weighted by Gasteiger charge is 2.14. The lowest BCUT2D eigenvalue weighted by molar-refractivity contribution is 1.30. The van der Waals surface area contributed by atoms with Crippen molar-refractivity contribution >= 4 is 57.9 Å². The minimum atomic E-state index is 0.887. The van der Waals surface area contributed by atoms with Crippen molar-refractivity contribution in [2.75, 3.05) is 0 Å². The molecule has 3 heterocycles. The van der Waals surface area contributed by atoms with Crippen LogP contribution in [0.15, 0.2) is 120 Å². The molecule has 5 aromatic rings. The summed E-state index contributed by atoms with van der Waals surface area (Å²) >= 11 is 0. The summed E-state index contributed by atoms with van der Waals surface area (Å²) in [7, 11) is 0. The van der Waals surface area contributed by atoms with Gasteiger partial charge in [0, 0.05) is 55.1 Å². The molecule has 0 saturated carbocycles. The van der Waals surface area contributed by atoms with Crippen molar-refractivity contribution in [3.05, 3.63) is 154 Å². The average molecular weight is 590 g/mol. The molecule has 4 aromatic carbocycles. The maximum atomic E-state index is 4.28. The van der Waals surface area contributed by atoms with Crippen LogP contribution in [0, 0.1) is 0 Å². The van der Waals surface area contributed by atoms with Gasteiger partial charge in [0.2, 0.25) is 0 Å². The number of aromatic nitrogens is 1. The van der Waals surface area contributed by atoms with Gasteiger partial charge in [-0.05, 0) is 52.0 Å². The zero-order valence-electron chi connectivity index (χ0n) is 27.5. The van der Waals surface area contributed by atoms with Gasteiger partial charge in [-0.25, -0.2) is 0 Å². The highest BCUT2D eigenvalue weighted by Crippen LogP contribution is 2.27. The normalized spacial score (nSPS) is 12.3. The van der Waals surface area contributed by atoms with Crippen LogP contribution in [0.5, 0.6) is 0 Å². The van der Waals surface area contributed by atoms with Crippen molar-refractivity contribution in [3.8, 4) is 0 Å². The van der Waals surface area contributed by atoms with E-state index < -0.39 is 0 Å². The molecule has 0 saturated heterocycles. The van der Waals surface area contributed by atoms with Crippen LogP contribution in [0.2, 0.25) is 0 Å². The van der Waals surface area contributed by atoms with Gasteiger partial charge in [-0.2, -0.15) is 0 Å². The maximum Gasteiger partial charge on any atom is 0.0640 e. The molecule has 0 radical (unpaired) electrons. The summed E-state index contributed by atoms with van der Waals surface area (Å²) in [4.78, 5) is 11.7. The first-order chi connectivity index (χ1) is 21.5. The molecular weight excluding hydrogens is 546 g/mol. The van der Waals surface area contributed by atoms with Gasteiger partial charge in [0.1, 0.15) is 0 Å². The van der Waals surface area contributed by atoms with E-state index in [9.17, 15) is 0 Å². The molecule has 2 aliphatic rings. The Morgan fingerprint density at radius 2 is 0.778 bits per heavy atom. The Bertz CT molecular complexity index is 2030. The summed E-state index contributed by atoms with van der Waals surface area (Å²) in [5.41, 5.74) is 11.5. The highest BCUT2D eigenvalue weighted by atomic mass is 14.8. The Labute approximate surface area is 267 Å². The quantitative estimate of drug-likeness (QED) is 0.190.